The number of rotatable bonds is 3. The van der Waals surface area contributed by atoms with E-state index in [-0.39, 0.29) is 17.8 Å². The van der Waals surface area contributed by atoms with Crippen LogP contribution in [0.5, 0.6) is 0 Å². The van der Waals surface area contributed by atoms with Gasteiger partial charge in [0.1, 0.15) is 0 Å². The fourth-order valence-corrected chi connectivity index (χ4v) is 2.02. The lowest BCUT2D eigenvalue weighted by molar-refractivity contribution is -0.115. The van der Waals surface area contributed by atoms with Crippen molar-refractivity contribution >= 4 is 5.78 Å². The van der Waals surface area contributed by atoms with Crippen LogP contribution < -0.4 is 0 Å². The third-order valence-electron chi connectivity index (χ3n) is 2.86. The maximum atomic E-state index is 11.2. The second kappa shape index (κ2) is 3.99. The van der Waals surface area contributed by atoms with Gasteiger partial charge in [-0.2, -0.15) is 0 Å². The lowest BCUT2D eigenvalue weighted by Crippen LogP contribution is -2.24. The molecule has 1 atom stereocenters. The molecule has 1 aliphatic rings. The SMILES string of the molecule is O=C1C=C[C@@](CO)(Cc2ccccc2)C1. The van der Waals surface area contributed by atoms with E-state index in [1.807, 2.05) is 36.4 Å². The van der Waals surface area contributed by atoms with Crippen LogP contribution in [0.15, 0.2) is 42.5 Å². The normalized spacial score (nSPS) is 24.7. The zero-order chi connectivity index (χ0) is 10.7. The molecule has 0 amide bonds. The lowest BCUT2D eigenvalue weighted by Gasteiger charge is -2.23. The molecule has 0 unspecified atom stereocenters. The van der Waals surface area contributed by atoms with E-state index >= 15 is 0 Å². The third-order valence-corrected chi connectivity index (χ3v) is 2.86. The Hall–Kier alpha value is -1.41. The first-order valence-corrected chi connectivity index (χ1v) is 5.11. The maximum Gasteiger partial charge on any atom is 0.156 e. The largest absolute Gasteiger partial charge is 0.395 e. The number of aliphatic hydroxyl groups is 1. The number of benzene rings is 1. The van der Waals surface area contributed by atoms with Crippen LogP contribution in [0, 0.1) is 5.41 Å². The van der Waals surface area contributed by atoms with Crippen LogP contribution in [-0.2, 0) is 11.2 Å². The van der Waals surface area contributed by atoms with Crippen LogP contribution >= 0.6 is 0 Å². The van der Waals surface area contributed by atoms with Crippen LogP contribution in [0.4, 0.5) is 0 Å². The molecule has 2 nitrogen and oxygen atoms in total. The Labute approximate surface area is 89.2 Å². The molecule has 0 saturated carbocycles. The van der Waals surface area contributed by atoms with E-state index in [0.29, 0.717) is 6.42 Å². The summed E-state index contributed by atoms with van der Waals surface area (Å²) in [5.41, 5.74) is 0.796. The van der Waals surface area contributed by atoms with E-state index in [0.717, 1.165) is 12.0 Å². The molecule has 78 valence electrons. The molecule has 0 radical (unpaired) electrons. The topological polar surface area (TPSA) is 37.3 Å². The highest BCUT2D eigenvalue weighted by Gasteiger charge is 2.33. The second-order valence-corrected chi connectivity index (χ2v) is 4.16. The van der Waals surface area contributed by atoms with Crippen molar-refractivity contribution in [2.24, 2.45) is 5.41 Å². The van der Waals surface area contributed by atoms with Crippen molar-refractivity contribution in [1.82, 2.24) is 0 Å². The molecule has 0 spiro atoms. The highest BCUT2D eigenvalue weighted by atomic mass is 16.3. The summed E-state index contributed by atoms with van der Waals surface area (Å²) < 4.78 is 0. The number of hydrogen-bond acceptors (Lipinski definition) is 2. The van der Waals surface area contributed by atoms with Crippen LogP contribution in [0.3, 0.4) is 0 Å². The van der Waals surface area contributed by atoms with Crippen molar-refractivity contribution in [3.05, 3.63) is 48.0 Å². The summed E-state index contributed by atoms with van der Waals surface area (Å²) in [6.07, 6.45) is 4.59. The van der Waals surface area contributed by atoms with E-state index < -0.39 is 0 Å². The Balaban J connectivity index is 2.17. The molecule has 0 aliphatic heterocycles. The lowest BCUT2D eigenvalue weighted by atomic mass is 9.82. The number of aliphatic hydroxyl groups excluding tert-OH is 1. The van der Waals surface area contributed by atoms with E-state index in [9.17, 15) is 9.90 Å². The van der Waals surface area contributed by atoms with Crippen molar-refractivity contribution in [1.29, 1.82) is 0 Å². The summed E-state index contributed by atoms with van der Waals surface area (Å²) in [6.45, 7) is 0.0319. The minimum atomic E-state index is -0.363. The molecule has 0 heterocycles. The number of ketones is 1. The van der Waals surface area contributed by atoms with E-state index in [2.05, 4.69) is 0 Å². The summed E-state index contributed by atoms with van der Waals surface area (Å²) in [4.78, 5) is 11.2. The molecule has 1 aromatic carbocycles. The average Bonchev–Trinajstić information content (AvgIpc) is 2.62. The molecular formula is C13H14O2. The van der Waals surface area contributed by atoms with Gasteiger partial charge in [0.15, 0.2) is 5.78 Å². The van der Waals surface area contributed by atoms with Crippen molar-refractivity contribution in [2.75, 3.05) is 6.61 Å². The van der Waals surface area contributed by atoms with Crippen LogP contribution in [0.2, 0.25) is 0 Å². The Morgan fingerprint density at radius 2 is 2.00 bits per heavy atom. The number of hydrogen-bond donors (Lipinski definition) is 1. The van der Waals surface area contributed by atoms with Gasteiger partial charge in [0.2, 0.25) is 0 Å². The van der Waals surface area contributed by atoms with Crippen LogP contribution in [-0.4, -0.2) is 17.5 Å². The van der Waals surface area contributed by atoms with Crippen molar-refractivity contribution in [2.45, 2.75) is 12.8 Å². The molecule has 0 fully saturated rings. The van der Waals surface area contributed by atoms with Gasteiger partial charge in [-0.3, -0.25) is 4.79 Å². The highest BCUT2D eigenvalue weighted by Crippen LogP contribution is 2.33. The molecule has 0 saturated heterocycles. The smallest absolute Gasteiger partial charge is 0.156 e. The molecule has 0 bridgehead atoms. The van der Waals surface area contributed by atoms with Crippen molar-refractivity contribution in [3.8, 4) is 0 Å². The summed E-state index contributed by atoms with van der Waals surface area (Å²) in [7, 11) is 0. The molecule has 15 heavy (non-hydrogen) atoms. The number of carbonyl (C=O) groups is 1. The quantitative estimate of drug-likeness (QED) is 0.810. The van der Waals surface area contributed by atoms with Crippen molar-refractivity contribution < 1.29 is 9.90 Å². The molecular weight excluding hydrogens is 188 g/mol. The first-order chi connectivity index (χ1) is 7.24. The fourth-order valence-electron chi connectivity index (χ4n) is 2.02. The van der Waals surface area contributed by atoms with Gasteiger partial charge in [-0.25, -0.2) is 0 Å². The summed E-state index contributed by atoms with van der Waals surface area (Å²) in [5.74, 6) is 0.111. The van der Waals surface area contributed by atoms with Gasteiger partial charge < -0.3 is 5.11 Å². The molecule has 2 rings (SSSR count). The maximum absolute atomic E-state index is 11.2. The Kier molecular flexibility index (Phi) is 2.69. The zero-order valence-corrected chi connectivity index (χ0v) is 8.52. The minimum absolute atomic E-state index is 0.0319. The van der Waals surface area contributed by atoms with Crippen LogP contribution in [0.25, 0.3) is 0 Å². The van der Waals surface area contributed by atoms with Gasteiger partial charge in [0.05, 0.1) is 6.61 Å². The molecule has 1 aromatic rings. The zero-order valence-electron chi connectivity index (χ0n) is 8.52. The van der Waals surface area contributed by atoms with Gasteiger partial charge in [-0.1, -0.05) is 36.4 Å². The van der Waals surface area contributed by atoms with Gasteiger partial charge in [0, 0.05) is 11.8 Å². The summed E-state index contributed by atoms with van der Waals surface area (Å²) in [6, 6.07) is 9.95. The molecule has 1 N–H and O–H groups in total. The Bertz CT molecular complexity index is 381. The standard InChI is InChI=1S/C13H14O2/c14-10-13(7-6-12(15)9-13)8-11-4-2-1-3-5-11/h1-7,14H,8-10H2/t13-/m1/s1. The number of carbonyl (C=O) groups excluding carboxylic acids is 1. The minimum Gasteiger partial charge on any atom is -0.395 e. The second-order valence-electron chi connectivity index (χ2n) is 4.16. The van der Waals surface area contributed by atoms with E-state index in [4.69, 9.17) is 0 Å². The highest BCUT2D eigenvalue weighted by molar-refractivity contribution is 5.93. The number of allylic oxidation sites excluding steroid dienone is 1. The van der Waals surface area contributed by atoms with Gasteiger partial charge in [-0.05, 0) is 18.1 Å². The van der Waals surface area contributed by atoms with E-state index in [1.54, 1.807) is 6.08 Å². The summed E-state index contributed by atoms with van der Waals surface area (Å²) >= 11 is 0. The third kappa shape index (κ3) is 2.16. The molecule has 2 heteroatoms. The first-order valence-electron chi connectivity index (χ1n) is 5.11. The fraction of sp³-hybridized carbons (Fsp3) is 0.308. The Morgan fingerprint density at radius 1 is 1.27 bits per heavy atom. The Morgan fingerprint density at radius 3 is 2.53 bits per heavy atom. The molecule has 0 aromatic heterocycles. The van der Waals surface area contributed by atoms with Gasteiger partial charge >= 0.3 is 0 Å². The molecule has 1 aliphatic carbocycles. The predicted octanol–water partition coefficient (Wildman–Crippen LogP) is 1.74. The summed E-state index contributed by atoms with van der Waals surface area (Å²) in [5, 5.41) is 9.39. The monoisotopic (exact) mass is 202 g/mol. The van der Waals surface area contributed by atoms with Crippen molar-refractivity contribution in [3.63, 3.8) is 0 Å². The van der Waals surface area contributed by atoms with Gasteiger partial charge in [-0.15, -0.1) is 0 Å². The van der Waals surface area contributed by atoms with Gasteiger partial charge in [0.25, 0.3) is 0 Å². The predicted molar refractivity (Wildman–Crippen MR) is 58.4 cm³/mol. The average molecular weight is 202 g/mol. The van der Waals surface area contributed by atoms with E-state index in [1.165, 1.54) is 0 Å². The van der Waals surface area contributed by atoms with Crippen LogP contribution in [0.1, 0.15) is 12.0 Å². The first kappa shape index (κ1) is 10.1.